The number of aromatic nitrogens is 2. The Bertz CT molecular complexity index is 2070. The SMILES string of the molecule is CCOc1cc(C=Nn2c(-c3cc4cc(Br)ccc4o3)nc3ccccc3c2=O)c(Br)c(Br)c1OCc1ccc(Br)cc1. The van der Waals surface area contributed by atoms with Crippen LogP contribution >= 0.6 is 63.7 Å². The minimum atomic E-state index is -0.326. The fourth-order valence-corrected chi connectivity index (χ4v) is 6.05. The molecule has 0 aliphatic rings. The fraction of sp³-hybridized carbons (Fsp3) is 0.0938. The van der Waals surface area contributed by atoms with Gasteiger partial charge in [-0.25, -0.2) is 4.98 Å². The molecule has 0 amide bonds. The van der Waals surface area contributed by atoms with Crippen LogP contribution < -0.4 is 15.0 Å². The van der Waals surface area contributed by atoms with Gasteiger partial charge in [-0.2, -0.15) is 9.78 Å². The molecule has 0 saturated carbocycles. The van der Waals surface area contributed by atoms with Gasteiger partial charge in [0.25, 0.3) is 5.56 Å². The Morgan fingerprint density at radius 1 is 0.907 bits per heavy atom. The van der Waals surface area contributed by atoms with E-state index in [1.807, 2.05) is 67.6 Å². The van der Waals surface area contributed by atoms with Gasteiger partial charge in [0.05, 0.1) is 28.2 Å². The van der Waals surface area contributed by atoms with Gasteiger partial charge in [-0.05, 0) is 98.9 Å². The van der Waals surface area contributed by atoms with Crippen molar-refractivity contribution in [3.8, 4) is 23.1 Å². The van der Waals surface area contributed by atoms with Crippen LogP contribution in [0.4, 0.5) is 0 Å². The number of benzene rings is 4. The molecule has 6 rings (SSSR count). The Hall–Kier alpha value is -3.25. The molecule has 7 nitrogen and oxygen atoms in total. The maximum absolute atomic E-state index is 13.7. The largest absolute Gasteiger partial charge is 0.490 e. The average Bonchev–Trinajstić information content (AvgIpc) is 3.43. The van der Waals surface area contributed by atoms with Gasteiger partial charge >= 0.3 is 0 Å². The highest BCUT2D eigenvalue weighted by molar-refractivity contribution is 9.13. The molecule has 0 N–H and O–H groups in total. The monoisotopic (exact) mass is 827 g/mol. The molecule has 0 bridgehead atoms. The minimum Gasteiger partial charge on any atom is -0.490 e. The third-order valence-corrected chi connectivity index (χ3v) is 9.68. The zero-order valence-corrected chi connectivity index (χ0v) is 28.8. The summed E-state index contributed by atoms with van der Waals surface area (Å²) in [5.41, 5.74) is 2.56. The van der Waals surface area contributed by atoms with E-state index in [4.69, 9.17) is 18.9 Å². The van der Waals surface area contributed by atoms with E-state index in [1.165, 1.54) is 4.68 Å². The molecule has 6 aromatic rings. The first kappa shape index (κ1) is 29.8. The van der Waals surface area contributed by atoms with Gasteiger partial charge in [0.1, 0.15) is 12.2 Å². The maximum atomic E-state index is 13.7. The van der Waals surface area contributed by atoms with E-state index in [1.54, 1.807) is 24.4 Å². The molecule has 0 unspecified atom stereocenters. The van der Waals surface area contributed by atoms with Crippen LogP contribution in [0.2, 0.25) is 0 Å². The third-order valence-electron chi connectivity index (χ3n) is 6.52. The Kier molecular flexibility index (Phi) is 8.85. The number of ether oxygens (including phenoxy) is 2. The van der Waals surface area contributed by atoms with Crippen molar-refractivity contribution in [2.45, 2.75) is 13.5 Å². The number of hydrogen-bond acceptors (Lipinski definition) is 6. The lowest BCUT2D eigenvalue weighted by Gasteiger charge is -2.16. The van der Waals surface area contributed by atoms with Crippen molar-refractivity contribution in [2.24, 2.45) is 5.10 Å². The second-order valence-electron chi connectivity index (χ2n) is 9.38. The van der Waals surface area contributed by atoms with Crippen LogP contribution in [0.25, 0.3) is 33.5 Å². The van der Waals surface area contributed by atoms with Crippen molar-refractivity contribution in [3.63, 3.8) is 0 Å². The molecule has 0 saturated heterocycles. The average molecular weight is 831 g/mol. The van der Waals surface area contributed by atoms with E-state index in [-0.39, 0.29) is 11.4 Å². The number of nitrogens with zero attached hydrogens (tertiary/aromatic N) is 3. The van der Waals surface area contributed by atoms with Crippen LogP contribution in [-0.2, 0) is 6.61 Å². The number of halogens is 4. The summed E-state index contributed by atoms with van der Waals surface area (Å²) >= 11 is 14.3. The molecule has 4 aromatic carbocycles. The Balaban J connectivity index is 1.43. The van der Waals surface area contributed by atoms with Gasteiger partial charge in [0, 0.05) is 24.4 Å². The quantitative estimate of drug-likeness (QED) is 0.143. The minimum absolute atomic E-state index is 0.280. The standard InChI is InChI=1S/C32H21Br4N3O4/c1-2-41-26-15-20(28(35)29(36)30(26)42-17-18-7-9-21(33)10-8-18)16-37-39-31(38-24-6-4-3-5-23(24)32(39)40)27-14-19-13-22(34)11-12-25(19)43-27/h3-16H,2,17H2,1H3. The highest BCUT2D eigenvalue weighted by Crippen LogP contribution is 2.43. The van der Waals surface area contributed by atoms with E-state index in [9.17, 15) is 4.79 Å². The van der Waals surface area contributed by atoms with Gasteiger partial charge < -0.3 is 13.9 Å². The summed E-state index contributed by atoms with van der Waals surface area (Å²) in [6.07, 6.45) is 1.58. The first-order valence-electron chi connectivity index (χ1n) is 13.1. The molecule has 216 valence electrons. The molecule has 2 aromatic heterocycles. The summed E-state index contributed by atoms with van der Waals surface area (Å²) in [7, 11) is 0. The van der Waals surface area contributed by atoms with Crippen molar-refractivity contribution >= 4 is 91.8 Å². The summed E-state index contributed by atoms with van der Waals surface area (Å²) < 4.78 is 22.8. The molecular formula is C32H21Br4N3O4. The molecule has 43 heavy (non-hydrogen) atoms. The highest BCUT2D eigenvalue weighted by atomic mass is 79.9. The Labute approximate surface area is 280 Å². The second kappa shape index (κ2) is 12.8. The Morgan fingerprint density at radius 2 is 1.67 bits per heavy atom. The zero-order chi connectivity index (χ0) is 30.1. The number of para-hydroxylation sites is 1. The first-order chi connectivity index (χ1) is 20.8. The van der Waals surface area contributed by atoms with Gasteiger partial charge in [-0.1, -0.05) is 56.1 Å². The topological polar surface area (TPSA) is 78.9 Å². The van der Waals surface area contributed by atoms with Gasteiger partial charge in [-0.15, -0.1) is 0 Å². The lowest BCUT2D eigenvalue weighted by molar-refractivity contribution is 0.267. The third kappa shape index (κ3) is 6.22. The van der Waals surface area contributed by atoms with E-state index < -0.39 is 0 Å². The molecular weight excluding hydrogens is 810 g/mol. The van der Waals surface area contributed by atoms with Crippen LogP contribution in [0, 0.1) is 0 Å². The maximum Gasteiger partial charge on any atom is 0.282 e. The summed E-state index contributed by atoms with van der Waals surface area (Å²) in [5.74, 6) is 1.78. The van der Waals surface area contributed by atoms with E-state index in [0.717, 1.165) is 19.9 Å². The number of fused-ring (bicyclic) bond motifs is 2. The predicted octanol–water partition coefficient (Wildman–Crippen LogP) is 9.72. The van der Waals surface area contributed by atoms with Gasteiger partial charge in [0.2, 0.25) is 5.82 Å². The number of rotatable bonds is 8. The summed E-state index contributed by atoms with van der Waals surface area (Å²) in [6, 6.07) is 24.4. The van der Waals surface area contributed by atoms with E-state index >= 15 is 0 Å². The molecule has 0 radical (unpaired) electrons. The normalized spacial score (nSPS) is 11.6. The smallest absolute Gasteiger partial charge is 0.282 e. The fourth-order valence-electron chi connectivity index (χ4n) is 4.47. The van der Waals surface area contributed by atoms with Crippen LogP contribution in [0.5, 0.6) is 11.5 Å². The lowest BCUT2D eigenvalue weighted by Crippen LogP contribution is -2.20. The number of hydrogen-bond donors (Lipinski definition) is 0. The summed E-state index contributed by atoms with van der Waals surface area (Å²) in [4.78, 5) is 18.5. The summed E-state index contributed by atoms with van der Waals surface area (Å²) in [6.45, 7) is 2.68. The van der Waals surface area contributed by atoms with E-state index in [2.05, 4.69) is 68.8 Å². The molecule has 0 spiro atoms. The van der Waals surface area contributed by atoms with Crippen LogP contribution in [-0.4, -0.2) is 22.5 Å². The van der Waals surface area contributed by atoms with E-state index in [0.29, 0.717) is 61.5 Å². The summed E-state index contributed by atoms with van der Waals surface area (Å²) in [5, 5.41) is 5.93. The zero-order valence-electron chi connectivity index (χ0n) is 22.5. The molecule has 2 heterocycles. The van der Waals surface area contributed by atoms with Crippen LogP contribution in [0.1, 0.15) is 18.1 Å². The van der Waals surface area contributed by atoms with Crippen LogP contribution in [0.3, 0.4) is 0 Å². The lowest BCUT2D eigenvalue weighted by atomic mass is 10.2. The number of furan rings is 1. The van der Waals surface area contributed by atoms with Crippen molar-refractivity contribution in [1.29, 1.82) is 0 Å². The second-order valence-corrected chi connectivity index (χ2v) is 12.8. The molecule has 0 atom stereocenters. The van der Waals surface area contributed by atoms with Crippen molar-refractivity contribution in [2.75, 3.05) is 6.61 Å². The molecule has 11 heteroatoms. The highest BCUT2D eigenvalue weighted by Gasteiger charge is 2.19. The molecule has 0 aliphatic carbocycles. The van der Waals surface area contributed by atoms with Crippen molar-refractivity contribution in [3.05, 3.63) is 118 Å². The first-order valence-corrected chi connectivity index (χ1v) is 16.3. The van der Waals surface area contributed by atoms with Crippen LogP contribution in [0.15, 0.2) is 111 Å². The predicted molar refractivity (Wildman–Crippen MR) is 183 cm³/mol. The Morgan fingerprint density at radius 3 is 2.47 bits per heavy atom. The van der Waals surface area contributed by atoms with Crippen molar-refractivity contribution in [1.82, 2.24) is 9.66 Å². The molecule has 0 fully saturated rings. The van der Waals surface area contributed by atoms with Crippen molar-refractivity contribution < 1.29 is 13.9 Å². The molecule has 0 aliphatic heterocycles. The van der Waals surface area contributed by atoms with Gasteiger partial charge in [0.15, 0.2) is 17.3 Å². The van der Waals surface area contributed by atoms with Gasteiger partial charge in [-0.3, -0.25) is 4.79 Å².